The lowest BCUT2D eigenvalue weighted by Crippen LogP contribution is -2.24. The molecule has 0 heterocycles. The van der Waals surface area contributed by atoms with Crippen LogP contribution in [0, 0.1) is 0 Å². The molecule has 0 bridgehead atoms. The van der Waals surface area contributed by atoms with Gasteiger partial charge in [-0.05, 0) is 86.0 Å². The van der Waals surface area contributed by atoms with Crippen LogP contribution in [-0.4, -0.2) is 21.8 Å². The van der Waals surface area contributed by atoms with Crippen LogP contribution in [0.15, 0.2) is 54.6 Å². The fourth-order valence-electron chi connectivity index (χ4n) is 3.30. The summed E-state index contributed by atoms with van der Waals surface area (Å²) >= 11 is 0. The van der Waals surface area contributed by atoms with Crippen LogP contribution in [0.3, 0.4) is 0 Å². The van der Waals surface area contributed by atoms with Gasteiger partial charge in [0.1, 0.15) is 17.1 Å². The first-order valence-electron chi connectivity index (χ1n) is 9.40. The normalized spacial score (nSPS) is 12.7. The van der Waals surface area contributed by atoms with E-state index in [1.165, 1.54) is 0 Å². The van der Waals surface area contributed by atoms with Crippen LogP contribution >= 0.6 is 0 Å². The molecular formula is C24H26O4. The van der Waals surface area contributed by atoms with Crippen molar-refractivity contribution in [2.75, 3.05) is 0 Å². The van der Waals surface area contributed by atoms with E-state index in [1.54, 1.807) is 30.3 Å². The summed E-state index contributed by atoms with van der Waals surface area (Å²) in [6.45, 7) is 7.63. The topological polar surface area (TPSA) is 66.8 Å². The Labute approximate surface area is 165 Å². The molecule has 0 aliphatic rings. The molecule has 4 nitrogen and oxygen atoms in total. The van der Waals surface area contributed by atoms with Gasteiger partial charge in [-0.25, -0.2) is 4.79 Å². The first kappa shape index (κ1) is 19.7. The van der Waals surface area contributed by atoms with E-state index in [2.05, 4.69) is 6.92 Å². The number of hydrogen-bond acceptors (Lipinski definition) is 4. The summed E-state index contributed by atoms with van der Waals surface area (Å²) in [6, 6.07) is 16.1. The van der Waals surface area contributed by atoms with Crippen molar-refractivity contribution in [1.29, 1.82) is 0 Å². The Morgan fingerprint density at radius 2 is 1.79 bits per heavy atom. The third-order valence-electron chi connectivity index (χ3n) is 4.61. The van der Waals surface area contributed by atoms with E-state index in [1.807, 2.05) is 45.0 Å². The highest BCUT2D eigenvalue weighted by Gasteiger charge is 2.19. The number of rotatable bonds is 4. The summed E-state index contributed by atoms with van der Waals surface area (Å²) in [7, 11) is 0. The lowest BCUT2D eigenvalue weighted by Gasteiger charge is -2.20. The zero-order valence-electron chi connectivity index (χ0n) is 16.7. The van der Waals surface area contributed by atoms with Gasteiger partial charge in [0.05, 0.1) is 5.56 Å². The zero-order chi connectivity index (χ0) is 20.5. The molecule has 3 rings (SSSR count). The molecule has 0 radical (unpaired) electrons. The van der Waals surface area contributed by atoms with E-state index >= 15 is 0 Å². The molecule has 2 N–H and O–H groups in total. The first-order chi connectivity index (χ1) is 13.1. The predicted molar refractivity (Wildman–Crippen MR) is 111 cm³/mol. The van der Waals surface area contributed by atoms with Gasteiger partial charge in [-0.2, -0.15) is 0 Å². The van der Waals surface area contributed by atoms with Crippen LogP contribution in [0.5, 0.6) is 11.5 Å². The number of ether oxygens (including phenoxy) is 1. The lowest BCUT2D eigenvalue weighted by molar-refractivity contribution is 0.00694. The van der Waals surface area contributed by atoms with Crippen molar-refractivity contribution in [3.63, 3.8) is 0 Å². The standard InChI is InChI=1S/C24H26O4/c1-15(17-6-5-7-18(13-17)23(27)28-24(2,3)4)10-16-11-19-14-20(25)8-9-21(19)22(26)12-16/h5-9,11-15,25-26H,10H2,1-4H3. The smallest absolute Gasteiger partial charge is 0.338 e. The molecule has 0 saturated carbocycles. The van der Waals surface area contributed by atoms with Gasteiger partial charge in [-0.3, -0.25) is 0 Å². The van der Waals surface area contributed by atoms with Crippen LogP contribution in [0.25, 0.3) is 10.8 Å². The van der Waals surface area contributed by atoms with Crippen molar-refractivity contribution < 1.29 is 19.7 Å². The van der Waals surface area contributed by atoms with E-state index in [0.29, 0.717) is 17.4 Å². The third kappa shape index (κ3) is 4.63. The molecule has 0 aliphatic heterocycles. The van der Waals surface area contributed by atoms with Crippen LogP contribution in [0.1, 0.15) is 55.1 Å². The highest BCUT2D eigenvalue weighted by atomic mass is 16.6. The molecule has 0 saturated heterocycles. The minimum atomic E-state index is -0.535. The van der Waals surface area contributed by atoms with Crippen molar-refractivity contribution in [3.8, 4) is 11.5 Å². The number of carbonyl (C=O) groups is 1. The molecule has 0 amide bonds. The second-order valence-corrected chi connectivity index (χ2v) is 8.25. The van der Waals surface area contributed by atoms with Gasteiger partial charge in [0.2, 0.25) is 0 Å². The maximum absolute atomic E-state index is 12.3. The maximum Gasteiger partial charge on any atom is 0.338 e. The number of phenols is 2. The highest BCUT2D eigenvalue weighted by Crippen LogP contribution is 2.31. The number of benzene rings is 3. The van der Waals surface area contributed by atoms with Gasteiger partial charge in [-0.1, -0.05) is 25.1 Å². The molecule has 28 heavy (non-hydrogen) atoms. The summed E-state index contributed by atoms with van der Waals surface area (Å²) in [5.41, 5.74) is 1.99. The zero-order valence-corrected chi connectivity index (χ0v) is 16.7. The second-order valence-electron chi connectivity index (χ2n) is 8.25. The second kappa shape index (κ2) is 7.55. The van der Waals surface area contributed by atoms with E-state index in [-0.39, 0.29) is 23.4 Å². The molecule has 1 unspecified atom stereocenters. The molecule has 146 valence electrons. The molecule has 0 aromatic heterocycles. The van der Waals surface area contributed by atoms with E-state index in [0.717, 1.165) is 16.5 Å². The van der Waals surface area contributed by atoms with Crippen LogP contribution in [0.2, 0.25) is 0 Å². The van der Waals surface area contributed by atoms with Crippen LogP contribution in [-0.2, 0) is 11.2 Å². The van der Waals surface area contributed by atoms with Crippen molar-refractivity contribution in [3.05, 3.63) is 71.3 Å². The Morgan fingerprint density at radius 3 is 2.50 bits per heavy atom. The number of phenolic OH excluding ortho intramolecular Hbond substituents is 2. The van der Waals surface area contributed by atoms with Crippen molar-refractivity contribution in [2.45, 2.75) is 45.6 Å². The van der Waals surface area contributed by atoms with Crippen molar-refractivity contribution in [1.82, 2.24) is 0 Å². The lowest BCUT2D eigenvalue weighted by atomic mass is 9.91. The van der Waals surface area contributed by atoms with Gasteiger partial charge < -0.3 is 14.9 Å². The average molecular weight is 378 g/mol. The van der Waals surface area contributed by atoms with E-state index < -0.39 is 5.60 Å². The quantitative estimate of drug-likeness (QED) is 0.584. The van der Waals surface area contributed by atoms with Crippen LogP contribution < -0.4 is 0 Å². The summed E-state index contributed by atoms with van der Waals surface area (Å²) < 4.78 is 5.46. The summed E-state index contributed by atoms with van der Waals surface area (Å²) in [5, 5.41) is 21.5. The summed E-state index contributed by atoms with van der Waals surface area (Å²) in [4.78, 5) is 12.3. The third-order valence-corrected chi connectivity index (χ3v) is 4.61. The maximum atomic E-state index is 12.3. The first-order valence-corrected chi connectivity index (χ1v) is 9.40. The predicted octanol–water partition coefficient (Wildman–Crippen LogP) is 5.55. The van der Waals surface area contributed by atoms with Crippen molar-refractivity contribution in [2.24, 2.45) is 0 Å². The van der Waals surface area contributed by atoms with Gasteiger partial charge >= 0.3 is 5.97 Å². The molecule has 4 heteroatoms. The molecule has 0 fully saturated rings. The molecular weight excluding hydrogens is 352 g/mol. The summed E-state index contributed by atoms with van der Waals surface area (Å²) in [6.07, 6.45) is 0.691. The minimum absolute atomic E-state index is 0.136. The van der Waals surface area contributed by atoms with Crippen LogP contribution in [0.4, 0.5) is 0 Å². The minimum Gasteiger partial charge on any atom is -0.508 e. The van der Waals surface area contributed by atoms with Gasteiger partial charge in [0.15, 0.2) is 0 Å². The van der Waals surface area contributed by atoms with Gasteiger partial charge in [-0.15, -0.1) is 0 Å². The molecule has 3 aromatic carbocycles. The van der Waals surface area contributed by atoms with Gasteiger partial charge in [0, 0.05) is 5.39 Å². The fraction of sp³-hybridized carbons (Fsp3) is 0.292. The number of aromatic hydroxyl groups is 2. The Morgan fingerprint density at radius 1 is 1.04 bits per heavy atom. The molecule has 0 spiro atoms. The van der Waals surface area contributed by atoms with E-state index in [9.17, 15) is 15.0 Å². The van der Waals surface area contributed by atoms with Gasteiger partial charge in [0.25, 0.3) is 0 Å². The highest BCUT2D eigenvalue weighted by molar-refractivity contribution is 5.90. The molecule has 3 aromatic rings. The Hall–Kier alpha value is -3.01. The average Bonchev–Trinajstić information content (AvgIpc) is 2.60. The largest absolute Gasteiger partial charge is 0.508 e. The monoisotopic (exact) mass is 378 g/mol. The summed E-state index contributed by atoms with van der Waals surface area (Å²) in [5.74, 6) is 0.168. The SMILES string of the molecule is CC(Cc1cc(O)c2ccc(O)cc2c1)c1cccc(C(=O)OC(C)(C)C)c1. The number of carbonyl (C=O) groups excluding carboxylic acids is 1. The molecule has 0 aliphatic carbocycles. The van der Waals surface area contributed by atoms with E-state index in [4.69, 9.17) is 4.74 Å². The number of esters is 1. The number of hydrogen-bond donors (Lipinski definition) is 2. The fourth-order valence-corrected chi connectivity index (χ4v) is 3.30. The Bertz CT molecular complexity index is 1010. The Balaban J connectivity index is 1.83. The Kier molecular flexibility index (Phi) is 5.32. The van der Waals surface area contributed by atoms with Crippen molar-refractivity contribution >= 4 is 16.7 Å². The number of fused-ring (bicyclic) bond motifs is 1. The molecule has 1 atom stereocenters.